The molecular formula is C16H15BrFNO. The molecule has 0 atom stereocenters. The van der Waals surface area contributed by atoms with Crippen LogP contribution in [0.4, 0.5) is 4.39 Å². The lowest BCUT2D eigenvalue weighted by molar-refractivity contribution is 0.0948. The van der Waals surface area contributed by atoms with Crippen molar-refractivity contribution in [1.82, 2.24) is 5.32 Å². The standard InChI is InChI=1S/C16H15BrFNO/c17-9-16(7-8-16)10-19-15(20)13-5-6-14(18)12-4-2-1-3-11(12)13/h1-6H,7-10H2,(H,19,20). The van der Waals surface area contributed by atoms with Crippen LogP contribution in [-0.4, -0.2) is 17.8 Å². The minimum absolute atomic E-state index is 0.131. The van der Waals surface area contributed by atoms with Gasteiger partial charge in [0.15, 0.2) is 0 Å². The number of carbonyl (C=O) groups is 1. The lowest BCUT2D eigenvalue weighted by Crippen LogP contribution is -2.31. The third-order valence-corrected chi connectivity index (χ3v) is 5.17. The van der Waals surface area contributed by atoms with Crippen molar-refractivity contribution in [2.75, 3.05) is 11.9 Å². The first-order valence-electron chi connectivity index (χ1n) is 6.67. The van der Waals surface area contributed by atoms with Gasteiger partial charge < -0.3 is 5.32 Å². The Balaban J connectivity index is 1.86. The predicted octanol–water partition coefficient (Wildman–Crippen LogP) is 3.88. The zero-order chi connectivity index (χ0) is 14.2. The summed E-state index contributed by atoms with van der Waals surface area (Å²) in [7, 11) is 0. The van der Waals surface area contributed by atoms with Crippen LogP contribution in [0.1, 0.15) is 23.2 Å². The molecule has 1 aliphatic carbocycles. The molecule has 20 heavy (non-hydrogen) atoms. The Bertz CT molecular complexity index is 667. The first kappa shape index (κ1) is 13.6. The van der Waals surface area contributed by atoms with Gasteiger partial charge in [-0.05, 0) is 35.8 Å². The van der Waals surface area contributed by atoms with Gasteiger partial charge in [-0.3, -0.25) is 4.79 Å². The highest BCUT2D eigenvalue weighted by atomic mass is 79.9. The third kappa shape index (κ3) is 2.44. The predicted molar refractivity (Wildman–Crippen MR) is 81.7 cm³/mol. The molecular weight excluding hydrogens is 321 g/mol. The summed E-state index contributed by atoms with van der Waals surface area (Å²) in [4.78, 5) is 12.3. The molecule has 1 fully saturated rings. The van der Waals surface area contributed by atoms with Crippen LogP contribution in [-0.2, 0) is 0 Å². The number of carbonyl (C=O) groups excluding carboxylic acids is 1. The second-order valence-electron chi connectivity index (χ2n) is 5.46. The highest BCUT2D eigenvalue weighted by Gasteiger charge is 2.41. The van der Waals surface area contributed by atoms with Gasteiger partial charge in [-0.15, -0.1) is 0 Å². The van der Waals surface area contributed by atoms with E-state index in [1.807, 2.05) is 6.07 Å². The number of alkyl halides is 1. The van der Waals surface area contributed by atoms with Crippen molar-refractivity contribution in [3.05, 3.63) is 47.8 Å². The van der Waals surface area contributed by atoms with E-state index >= 15 is 0 Å². The number of benzene rings is 2. The molecule has 3 rings (SSSR count). The fraction of sp³-hybridized carbons (Fsp3) is 0.312. The number of amides is 1. The Kier molecular flexibility index (Phi) is 3.50. The van der Waals surface area contributed by atoms with Crippen LogP contribution in [0.15, 0.2) is 36.4 Å². The molecule has 0 bridgehead atoms. The van der Waals surface area contributed by atoms with Gasteiger partial charge in [0, 0.05) is 22.8 Å². The van der Waals surface area contributed by atoms with Crippen LogP contribution >= 0.6 is 15.9 Å². The first-order valence-corrected chi connectivity index (χ1v) is 7.79. The summed E-state index contributed by atoms with van der Waals surface area (Å²) in [5, 5.41) is 5.03. The molecule has 1 aliphatic rings. The monoisotopic (exact) mass is 335 g/mol. The van der Waals surface area contributed by atoms with E-state index in [1.54, 1.807) is 24.3 Å². The van der Waals surface area contributed by atoms with Crippen LogP contribution < -0.4 is 5.32 Å². The average molecular weight is 336 g/mol. The highest BCUT2D eigenvalue weighted by Crippen LogP contribution is 2.46. The summed E-state index contributed by atoms with van der Waals surface area (Å²) in [6.07, 6.45) is 2.28. The van der Waals surface area contributed by atoms with Gasteiger partial charge in [-0.2, -0.15) is 0 Å². The van der Waals surface area contributed by atoms with Crippen molar-refractivity contribution in [2.24, 2.45) is 5.41 Å². The number of fused-ring (bicyclic) bond motifs is 1. The van der Waals surface area contributed by atoms with Gasteiger partial charge in [-0.25, -0.2) is 4.39 Å². The Morgan fingerprint density at radius 2 is 1.90 bits per heavy atom. The molecule has 0 spiro atoms. The molecule has 1 amide bonds. The zero-order valence-corrected chi connectivity index (χ0v) is 12.5. The van der Waals surface area contributed by atoms with Gasteiger partial charge in [0.2, 0.25) is 0 Å². The van der Waals surface area contributed by atoms with Crippen molar-refractivity contribution in [3.63, 3.8) is 0 Å². The van der Waals surface area contributed by atoms with Crippen LogP contribution in [0.3, 0.4) is 0 Å². The summed E-state index contributed by atoms with van der Waals surface area (Å²) in [5.41, 5.74) is 0.762. The summed E-state index contributed by atoms with van der Waals surface area (Å²) in [5.74, 6) is -0.426. The molecule has 104 valence electrons. The van der Waals surface area contributed by atoms with Crippen molar-refractivity contribution in [2.45, 2.75) is 12.8 Å². The Morgan fingerprint density at radius 3 is 2.55 bits per heavy atom. The van der Waals surface area contributed by atoms with Crippen molar-refractivity contribution >= 4 is 32.6 Å². The van der Waals surface area contributed by atoms with E-state index in [4.69, 9.17) is 0 Å². The van der Waals surface area contributed by atoms with Crippen LogP contribution in [0.25, 0.3) is 10.8 Å². The number of nitrogens with one attached hydrogen (secondary N) is 1. The van der Waals surface area contributed by atoms with Crippen LogP contribution in [0.2, 0.25) is 0 Å². The van der Waals surface area contributed by atoms with Crippen LogP contribution in [0.5, 0.6) is 0 Å². The molecule has 1 saturated carbocycles. The van der Waals surface area contributed by atoms with E-state index in [0.717, 1.165) is 18.2 Å². The van der Waals surface area contributed by atoms with E-state index in [1.165, 1.54) is 6.07 Å². The van der Waals surface area contributed by atoms with E-state index < -0.39 is 0 Å². The Morgan fingerprint density at radius 1 is 1.20 bits per heavy atom. The molecule has 1 N–H and O–H groups in total. The topological polar surface area (TPSA) is 29.1 Å². The summed E-state index contributed by atoms with van der Waals surface area (Å²) in [6.45, 7) is 0.669. The maximum atomic E-state index is 13.7. The van der Waals surface area contributed by atoms with Crippen molar-refractivity contribution in [3.8, 4) is 0 Å². The summed E-state index contributed by atoms with van der Waals surface area (Å²) >= 11 is 3.49. The fourth-order valence-electron chi connectivity index (χ4n) is 2.36. The second kappa shape index (κ2) is 5.17. The molecule has 2 aromatic carbocycles. The van der Waals surface area contributed by atoms with Gasteiger partial charge in [0.1, 0.15) is 5.82 Å². The molecule has 0 aromatic heterocycles. The largest absolute Gasteiger partial charge is 0.351 e. The number of halogens is 2. The minimum atomic E-state index is -0.295. The Labute approximate surface area is 125 Å². The van der Waals surface area contributed by atoms with Crippen molar-refractivity contribution < 1.29 is 9.18 Å². The number of rotatable bonds is 4. The summed E-state index contributed by atoms with van der Waals surface area (Å²) in [6, 6.07) is 9.99. The zero-order valence-electron chi connectivity index (χ0n) is 11.0. The summed E-state index contributed by atoms with van der Waals surface area (Å²) < 4.78 is 13.7. The maximum absolute atomic E-state index is 13.7. The molecule has 0 unspecified atom stereocenters. The van der Waals surface area contributed by atoms with Gasteiger partial charge in [0.25, 0.3) is 5.91 Å². The Hall–Kier alpha value is -1.42. The smallest absolute Gasteiger partial charge is 0.251 e. The molecule has 0 heterocycles. The normalized spacial score (nSPS) is 16.1. The van der Waals surface area contributed by atoms with E-state index in [2.05, 4.69) is 21.2 Å². The minimum Gasteiger partial charge on any atom is -0.351 e. The molecule has 2 aromatic rings. The highest BCUT2D eigenvalue weighted by molar-refractivity contribution is 9.09. The molecule has 0 radical (unpaired) electrons. The van der Waals surface area contributed by atoms with Gasteiger partial charge in [-0.1, -0.05) is 40.2 Å². The van der Waals surface area contributed by atoms with Crippen LogP contribution in [0, 0.1) is 11.2 Å². The molecule has 4 heteroatoms. The lowest BCUT2D eigenvalue weighted by Gasteiger charge is -2.13. The number of hydrogen-bond acceptors (Lipinski definition) is 1. The molecule has 0 saturated heterocycles. The fourth-order valence-corrected chi connectivity index (χ4v) is 3.12. The molecule has 2 nitrogen and oxygen atoms in total. The number of hydrogen-bond donors (Lipinski definition) is 1. The van der Waals surface area contributed by atoms with E-state index in [9.17, 15) is 9.18 Å². The first-order chi connectivity index (χ1) is 9.65. The van der Waals surface area contributed by atoms with Gasteiger partial charge in [0.05, 0.1) is 0 Å². The SMILES string of the molecule is O=C(NCC1(CBr)CC1)c1ccc(F)c2ccccc12. The lowest BCUT2D eigenvalue weighted by atomic mass is 10.0. The van der Waals surface area contributed by atoms with E-state index in [0.29, 0.717) is 22.9 Å². The second-order valence-corrected chi connectivity index (χ2v) is 6.02. The average Bonchev–Trinajstić information content (AvgIpc) is 3.26. The maximum Gasteiger partial charge on any atom is 0.251 e. The van der Waals surface area contributed by atoms with Gasteiger partial charge >= 0.3 is 0 Å². The van der Waals surface area contributed by atoms with E-state index in [-0.39, 0.29) is 17.1 Å². The molecule has 0 aliphatic heterocycles. The van der Waals surface area contributed by atoms with Crippen molar-refractivity contribution in [1.29, 1.82) is 0 Å². The third-order valence-electron chi connectivity index (χ3n) is 3.98. The quantitative estimate of drug-likeness (QED) is 0.844.